The minimum absolute atomic E-state index is 0.0873. The first-order valence-corrected chi connectivity index (χ1v) is 17.5. The Morgan fingerprint density at radius 2 is 0.872 bits per heavy atom. The lowest BCUT2D eigenvalue weighted by Gasteiger charge is -2.17. The van der Waals surface area contributed by atoms with E-state index in [9.17, 15) is 15.0 Å². The van der Waals surface area contributed by atoms with Gasteiger partial charge in [-0.05, 0) is 18.8 Å². The third kappa shape index (κ3) is 30.2. The quantitative estimate of drug-likeness (QED) is 0.0660. The van der Waals surface area contributed by atoms with E-state index in [-0.39, 0.29) is 12.6 Å². The molecule has 234 valence electrons. The highest BCUT2D eigenvalue weighted by Crippen LogP contribution is 2.16. The van der Waals surface area contributed by atoms with Crippen molar-refractivity contribution in [3.63, 3.8) is 0 Å². The molecule has 0 fully saturated rings. The largest absolute Gasteiger partial charge is 0.463 e. The molecule has 0 aromatic rings. The Kier molecular flexibility index (Phi) is 29.9. The van der Waals surface area contributed by atoms with Crippen LogP contribution in [0.25, 0.3) is 0 Å². The predicted octanol–water partition coefficient (Wildman–Crippen LogP) is 10.5. The van der Waals surface area contributed by atoms with Crippen molar-refractivity contribution in [2.24, 2.45) is 5.92 Å². The standard InChI is InChI=1S/C35H70O4/c1-4-5-6-7-8-9-13-18-21-24-27-30-35(38)39-31-34(37)33(36)29-26-23-20-17-15-12-10-11-14-16-19-22-25-28-32(2)3/h32-34,36-37H,4-31H2,1-3H3. The molecule has 0 heterocycles. The van der Waals surface area contributed by atoms with E-state index in [1.807, 2.05) is 0 Å². The van der Waals surface area contributed by atoms with Gasteiger partial charge in [0.2, 0.25) is 0 Å². The molecule has 0 aromatic carbocycles. The number of esters is 1. The zero-order valence-electron chi connectivity index (χ0n) is 26.7. The lowest BCUT2D eigenvalue weighted by Crippen LogP contribution is -2.31. The number of carbonyl (C=O) groups is 1. The summed E-state index contributed by atoms with van der Waals surface area (Å²) in [4.78, 5) is 11.9. The zero-order chi connectivity index (χ0) is 28.8. The first-order chi connectivity index (χ1) is 19.0. The summed E-state index contributed by atoms with van der Waals surface area (Å²) in [6, 6.07) is 0. The Balaban J connectivity index is 3.40. The van der Waals surface area contributed by atoms with Crippen LogP contribution in [0.4, 0.5) is 0 Å². The first kappa shape index (κ1) is 38.4. The van der Waals surface area contributed by atoms with Gasteiger partial charge in [-0.2, -0.15) is 0 Å². The van der Waals surface area contributed by atoms with Crippen LogP contribution in [0, 0.1) is 5.92 Å². The second-order valence-electron chi connectivity index (χ2n) is 12.7. The molecule has 2 unspecified atom stereocenters. The van der Waals surface area contributed by atoms with Gasteiger partial charge in [-0.3, -0.25) is 4.79 Å². The predicted molar refractivity (Wildman–Crippen MR) is 168 cm³/mol. The third-order valence-corrected chi connectivity index (χ3v) is 8.13. The van der Waals surface area contributed by atoms with E-state index in [4.69, 9.17) is 4.74 Å². The van der Waals surface area contributed by atoms with Crippen LogP contribution in [0.5, 0.6) is 0 Å². The molecule has 4 heteroatoms. The number of ether oxygens (including phenoxy) is 1. The fourth-order valence-electron chi connectivity index (χ4n) is 5.34. The zero-order valence-corrected chi connectivity index (χ0v) is 26.7. The smallest absolute Gasteiger partial charge is 0.305 e. The maximum absolute atomic E-state index is 11.9. The monoisotopic (exact) mass is 555 g/mol. The van der Waals surface area contributed by atoms with Crippen LogP contribution in [0.1, 0.15) is 194 Å². The molecule has 0 amide bonds. The molecular formula is C35H70O4. The molecule has 0 saturated carbocycles. The van der Waals surface area contributed by atoms with E-state index >= 15 is 0 Å². The number of hydrogen-bond acceptors (Lipinski definition) is 4. The second kappa shape index (κ2) is 30.4. The normalized spacial score (nSPS) is 13.2. The van der Waals surface area contributed by atoms with Crippen LogP contribution in [-0.2, 0) is 9.53 Å². The Labute approximate surface area is 244 Å². The van der Waals surface area contributed by atoms with Gasteiger partial charge in [-0.1, -0.05) is 175 Å². The van der Waals surface area contributed by atoms with Gasteiger partial charge < -0.3 is 14.9 Å². The number of aliphatic hydroxyl groups excluding tert-OH is 2. The van der Waals surface area contributed by atoms with Gasteiger partial charge in [-0.25, -0.2) is 0 Å². The van der Waals surface area contributed by atoms with Crippen molar-refractivity contribution >= 4 is 5.97 Å². The highest BCUT2D eigenvalue weighted by molar-refractivity contribution is 5.69. The molecule has 0 saturated heterocycles. The Bertz CT molecular complexity index is 493. The summed E-state index contributed by atoms with van der Waals surface area (Å²) in [5.41, 5.74) is 0. The van der Waals surface area contributed by atoms with Crippen molar-refractivity contribution in [2.45, 2.75) is 206 Å². The minimum Gasteiger partial charge on any atom is -0.463 e. The molecule has 0 radical (unpaired) electrons. The van der Waals surface area contributed by atoms with Crippen molar-refractivity contribution in [2.75, 3.05) is 6.61 Å². The van der Waals surface area contributed by atoms with Gasteiger partial charge in [0, 0.05) is 6.42 Å². The summed E-state index contributed by atoms with van der Waals surface area (Å²) in [6.45, 7) is 6.80. The molecule has 2 atom stereocenters. The van der Waals surface area contributed by atoms with E-state index in [0.29, 0.717) is 12.8 Å². The van der Waals surface area contributed by atoms with Gasteiger partial charge in [0.1, 0.15) is 12.7 Å². The molecule has 0 aliphatic heterocycles. The maximum atomic E-state index is 11.9. The maximum Gasteiger partial charge on any atom is 0.305 e. The van der Waals surface area contributed by atoms with Crippen LogP contribution in [0.3, 0.4) is 0 Å². The van der Waals surface area contributed by atoms with Crippen molar-refractivity contribution in [3.05, 3.63) is 0 Å². The first-order valence-electron chi connectivity index (χ1n) is 17.5. The second-order valence-corrected chi connectivity index (χ2v) is 12.7. The van der Waals surface area contributed by atoms with Crippen LogP contribution >= 0.6 is 0 Å². The van der Waals surface area contributed by atoms with E-state index in [1.165, 1.54) is 135 Å². The number of aliphatic hydroxyl groups is 2. The Hall–Kier alpha value is -0.610. The Morgan fingerprint density at radius 3 is 1.28 bits per heavy atom. The number of hydrogen-bond donors (Lipinski definition) is 2. The summed E-state index contributed by atoms with van der Waals surface area (Å²) < 4.78 is 5.20. The minimum atomic E-state index is -0.971. The van der Waals surface area contributed by atoms with Crippen LogP contribution in [0.15, 0.2) is 0 Å². The lowest BCUT2D eigenvalue weighted by molar-refractivity contribution is -0.149. The topological polar surface area (TPSA) is 66.8 Å². The SMILES string of the molecule is CCCCCCCCCCCCCC(=O)OCC(O)C(O)CCCCCCCCCCCCCCCC(C)C. The van der Waals surface area contributed by atoms with Gasteiger partial charge in [0.05, 0.1) is 6.10 Å². The summed E-state index contributed by atoms with van der Waals surface area (Å²) in [5.74, 6) is 0.602. The van der Waals surface area contributed by atoms with Gasteiger partial charge in [0.15, 0.2) is 0 Å². The van der Waals surface area contributed by atoms with Crippen LogP contribution in [0.2, 0.25) is 0 Å². The molecule has 0 spiro atoms. The fraction of sp³-hybridized carbons (Fsp3) is 0.971. The van der Waals surface area contributed by atoms with E-state index in [2.05, 4.69) is 20.8 Å². The number of unbranched alkanes of at least 4 members (excludes halogenated alkanes) is 22. The summed E-state index contributed by atoms with van der Waals surface area (Å²) in [7, 11) is 0. The summed E-state index contributed by atoms with van der Waals surface area (Å²) in [5, 5.41) is 20.3. The molecule has 0 rings (SSSR count). The van der Waals surface area contributed by atoms with Gasteiger partial charge >= 0.3 is 5.97 Å². The van der Waals surface area contributed by atoms with Crippen LogP contribution in [-0.4, -0.2) is 35.0 Å². The van der Waals surface area contributed by atoms with E-state index < -0.39 is 12.2 Å². The van der Waals surface area contributed by atoms with E-state index in [1.54, 1.807) is 0 Å². The third-order valence-electron chi connectivity index (χ3n) is 8.13. The van der Waals surface area contributed by atoms with Crippen molar-refractivity contribution < 1.29 is 19.7 Å². The highest BCUT2D eigenvalue weighted by Gasteiger charge is 2.17. The summed E-state index contributed by atoms with van der Waals surface area (Å²) in [6.07, 6.45) is 31.3. The van der Waals surface area contributed by atoms with Crippen molar-refractivity contribution in [1.82, 2.24) is 0 Å². The number of carbonyl (C=O) groups excluding carboxylic acids is 1. The highest BCUT2D eigenvalue weighted by atomic mass is 16.5. The summed E-state index contributed by atoms with van der Waals surface area (Å²) >= 11 is 0. The molecule has 0 aromatic heterocycles. The van der Waals surface area contributed by atoms with Crippen molar-refractivity contribution in [1.29, 1.82) is 0 Å². The molecular weight excluding hydrogens is 484 g/mol. The lowest BCUT2D eigenvalue weighted by atomic mass is 10.0. The molecule has 2 N–H and O–H groups in total. The van der Waals surface area contributed by atoms with Gasteiger partial charge in [0.25, 0.3) is 0 Å². The molecule has 0 aliphatic carbocycles. The fourth-order valence-corrected chi connectivity index (χ4v) is 5.34. The molecule has 39 heavy (non-hydrogen) atoms. The molecule has 0 aliphatic rings. The van der Waals surface area contributed by atoms with E-state index in [0.717, 1.165) is 31.6 Å². The average Bonchev–Trinajstić information content (AvgIpc) is 2.92. The number of rotatable bonds is 31. The molecule has 0 bridgehead atoms. The van der Waals surface area contributed by atoms with Crippen LogP contribution < -0.4 is 0 Å². The van der Waals surface area contributed by atoms with Gasteiger partial charge in [-0.15, -0.1) is 0 Å². The average molecular weight is 555 g/mol. The molecule has 4 nitrogen and oxygen atoms in total. The Morgan fingerprint density at radius 1 is 0.513 bits per heavy atom. The van der Waals surface area contributed by atoms with Crippen molar-refractivity contribution in [3.8, 4) is 0 Å².